The molecule has 1 aromatic rings. The van der Waals surface area contributed by atoms with Gasteiger partial charge in [0.25, 0.3) is 0 Å². The molecule has 1 aliphatic heterocycles. The summed E-state index contributed by atoms with van der Waals surface area (Å²) in [5.41, 5.74) is 2.48. The van der Waals surface area contributed by atoms with Gasteiger partial charge in [0.15, 0.2) is 5.96 Å². The second-order valence-corrected chi connectivity index (χ2v) is 9.99. The zero-order chi connectivity index (χ0) is 19.9. The Morgan fingerprint density at radius 2 is 1.89 bits per heavy atom. The van der Waals surface area contributed by atoms with Crippen molar-refractivity contribution in [3.63, 3.8) is 0 Å². The Hall–Kier alpha value is -1.76. The minimum Gasteiger partial charge on any atom is -0.372 e. The molecule has 0 amide bonds. The standard InChI is InChI=1S/C20H34N4O2S/c1-16-9-12-24(13-10-16)19-7-5-18(6-8-19)15-22-20(21-3)23-17(2)11-14-27(4,25)26/h5-8,16-17H,9-15H2,1-4H3,(H2,21,22,23). The first-order chi connectivity index (χ1) is 12.8. The van der Waals surface area contributed by atoms with E-state index in [0.717, 1.165) is 19.0 Å². The summed E-state index contributed by atoms with van der Waals surface area (Å²) in [5.74, 6) is 1.70. The van der Waals surface area contributed by atoms with E-state index in [0.29, 0.717) is 18.9 Å². The third-order valence-electron chi connectivity index (χ3n) is 5.07. The quantitative estimate of drug-likeness (QED) is 0.549. The third kappa shape index (κ3) is 7.79. The van der Waals surface area contributed by atoms with E-state index in [-0.39, 0.29) is 11.8 Å². The van der Waals surface area contributed by atoms with Crippen LogP contribution in [-0.2, 0) is 16.4 Å². The fourth-order valence-electron chi connectivity index (χ4n) is 3.17. The van der Waals surface area contributed by atoms with Crippen molar-refractivity contribution in [3.05, 3.63) is 29.8 Å². The molecule has 1 aliphatic rings. The molecule has 0 aliphatic carbocycles. The van der Waals surface area contributed by atoms with Crippen LogP contribution in [0.1, 0.15) is 38.7 Å². The molecule has 1 aromatic carbocycles. The lowest BCUT2D eigenvalue weighted by Gasteiger charge is -2.32. The first kappa shape index (κ1) is 21.5. The Labute approximate surface area is 164 Å². The molecule has 1 unspecified atom stereocenters. The molecule has 1 fully saturated rings. The summed E-state index contributed by atoms with van der Waals surface area (Å²) >= 11 is 0. The molecule has 2 rings (SSSR count). The van der Waals surface area contributed by atoms with Crippen LogP contribution >= 0.6 is 0 Å². The van der Waals surface area contributed by atoms with Crippen molar-refractivity contribution in [2.45, 2.75) is 45.7 Å². The molecule has 0 radical (unpaired) electrons. The fraction of sp³-hybridized carbons (Fsp3) is 0.650. The number of benzene rings is 1. The molecule has 1 saturated heterocycles. The highest BCUT2D eigenvalue weighted by atomic mass is 32.2. The number of nitrogens with one attached hydrogen (secondary N) is 2. The number of sulfone groups is 1. The summed E-state index contributed by atoms with van der Waals surface area (Å²) in [4.78, 5) is 6.68. The molecule has 7 heteroatoms. The molecule has 0 spiro atoms. The van der Waals surface area contributed by atoms with E-state index in [9.17, 15) is 8.42 Å². The number of anilines is 1. The highest BCUT2D eigenvalue weighted by Gasteiger charge is 2.15. The van der Waals surface area contributed by atoms with Gasteiger partial charge in [-0.05, 0) is 49.8 Å². The van der Waals surface area contributed by atoms with Crippen LogP contribution in [0.3, 0.4) is 0 Å². The average molecular weight is 395 g/mol. The fourth-order valence-corrected chi connectivity index (χ4v) is 3.95. The van der Waals surface area contributed by atoms with Crippen LogP contribution in [0, 0.1) is 5.92 Å². The number of rotatable bonds is 7. The van der Waals surface area contributed by atoms with E-state index in [1.54, 1.807) is 7.05 Å². The predicted octanol–water partition coefficient (Wildman–Crippen LogP) is 2.41. The minimum absolute atomic E-state index is 0.0368. The van der Waals surface area contributed by atoms with Crippen LogP contribution in [0.5, 0.6) is 0 Å². The number of nitrogens with zero attached hydrogens (tertiary/aromatic N) is 2. The molecule has 0 aromatic heterocycles. The number of guanidine groups is 1. The van der Waals surface area contributed by atoms with Gasteiger partial charge in [-0.15, -0.1) is 0 Å². The van der Waals surface area contributed by atoms with Crippen molar-refractivity contribution >= 4 is 21.5 Å². The van der Waals surface area contributed by atoms with Gasteiger partial charge in [0.2, 0.25) is 0 Å². The van der Waals surface area contributed by atoms with Crippen molar-refractivity contribution < 1.29 is 8.42 Å². The Morgan fingerprint density at radius 3 is 2.44 bits per heavy atom. The van der Waals surface area contributed by atoms with E-state index in [1.807, 2.05) is 6.92 Å². The lowest BCUT2D eigenvalue weighted by atomic mass is 9.99. The molecular weight excluding hydrogens is 360 g/mol. The Kier molecular flexibility index (Phi) is 7.95. The van der Waals surface area contributed by atoms with Crippen LogP contribution < -0.4 is 15.5 Å². The van der Waals surface area contributed by atoms with Crippen LogP contribution in [0.25, 0.3) is 0 Å². The molecule has 152 valence electrons. The number of aliphatic imine (C=N–C) groups is 1. The normalized spacial score (nSPS) is 17.6. The third-order valence-corrected chi connectivity index (χ3v) is 6.05. The van der Waals surface area contributed by atoms with Crippen molar-refractivity contribution in [2.24, 2.45) is 10.9 Å². The summed E-state index contributed by atoms with van der Waals surface area (Å²) in [6.07, 6.45) is 4.36. The minimum atomic E-state index is -2.94. The Balaban J connectivity index is 1.80. The molecular formula is C20H34N4O2S. The molecule has 0 saturated carbocycles. The first-order valence-corrected chi connectivity index (χ1v) is 11.8. The van der Waals surface area contributed by atoms with Crippen LogP contribution in [-0.4, -0.2) is 52.6 Å². The van der Waals surface area contributed by atoms with Gasteiger partial charge in [-0.3, -0.25) is 4.99 Å². The molecule has 0 bridgehead atoms. The van der Waals surface area contributed by atoms with Gasteiger partial charge in [0.1, 0.15) is 9.84 Å². The second kappa shape index (κ2) is 9.97. The predicted molar refractivity (Wildman–Crippen MR) is 114 cm³/mol. The topological polar surface area (TPSA) is 73.8 Å². The largest absolute Gasteiger partial charge is 0.372 e. The van der Waals surface area contributed by atoms with Crippen LogP contribution in [0.2, 0.25) is 0 Å². The van der Waals surface area contributed by atoms with Gasteiger partial charge in [-0.25, -0.2) is 8.42 Å². The van der Waals surface area contributed by atoms with Gasteiger partial charge < -0.3 is 15.5 Å². The van der Waals surface area contributed by atoms with E-state index >= 15 is 0 Å². The van der Waals surface area contributed by atoms with Gasteiger partial charge >= 0.3 is 0 Å². The van der Waals surface area contributed by atoms with E-state index in [4.69, 9.17) is 0 Å². The second-order valence-electron chi connectivity index (χ2n) is 7.73. The smallest absolute Gasteiger partial charge is 0.191 e. The molecule has 1 heterocycles. The van der Waals surface area contributed by atoms with Crippen molar-refractivity contribution in [1.29, 1.82) is 0 Å². The Morgan fingerprint density at radius 1 is 1.26 bits per heavy atom. The van der Waals surface area contributed by atoms with E-state index in [2.05, 4.69) is 51.7 Å². The molecule has 1 atom stereocenters. The lowest BCUT2D eigenvalue weighted by molar-refractivity contribution is 0.438. The van der Waals surface area contributed by atoms with E-state index < -0.39 is 9.84 Å². The molecule has 6 nitrogen and oxygen atoms in total. The van der Waals surface area contributed by atoms with Crippen LogP contribution in [0.15, 0.2) is 29.3 Å². The zero-order valence-electron chi connectivity index (χ0n) is 17.0. The highest BCUT2D eigenvalue weighted by Crippen LogP contribution is 2.23. The summed E-state index contributed by atoms with van der Waals surface area (Å²) in [5, 5.41) is 6.54. The van der Waals surface area contributed by atoms with Gasteiger partial charge in [-0.1, -0.05) is 19.1 Å². The Bertz CT molecular complexity index is 708. The molecule has 2 N–H and O–H groups in total. The summed E-state index contributed by atoms with van der Waals surface area (Å²) in [6.45, 7) is 7.25. The monoisotopic (exact) mass is 394 g/mol. The zero-order valence-corrected chi connectivity index (χ0v) is 17.8. The number of piperidine rings is 1. The van der Waals surface area contributed by atoms with Crippen molar-refractivity contribution in [3.8, 4) is 0 Å². The van der Waals surface area contributed by atoms with Gasteiger partial charge in [0.05, 0.1) is 5.75 Å². The van der Waals surface area contributed by atoms with Crippen molar-refractivity contribution in [2.75, 3.05) is 37.0 Å². The number of hydrogen-bond donors (Lipinski definition) is 2. The summed E-state index contributed by atoms with van der Waals surface area (Å²) in [6, 6.07) is 8.73. The summed E-state index contributed by atoms with van der Waals surface area (Å²) in [7, 11) is -1.22. The maximum absolute atomic E-state index is 11.3. The maximum atomic E-state index is 11.3. The van der Waals surface area contributed by atoms with Crippen molar-refractivity contribution in [1.82, 2.24) is 10.6 Å². The maximum Gasteiger partial charge on any atom is 0.191 e. The van der Waals surface area contributed by atoms with Gasteiger partial charge in [-0.2, -0.15) is 0 Å². The lowest BCUT2D eigenvalue weighted by Crippen LogP contribution is -2.42. The highest BCUT2D eigenvalue weighted by molar-refractivity contribution is 7.90. The van der Waals surface area contributed by atoms with E-state index in [1.165, 1.54) is 30.3 Å². The van der Waals surface area contributed by atoms with Crippen LogP contribution in [0.4, 0.5) is 5.69 Å². The average Bonchev–Trinajstić information content (AvgIpc) is 2.64. The first-order valence-electron chi connectivity index (χ1n) is 9.75. The van der Waals surface area contributed by atoms with Gasteiger partial charge in [0, 0.05) is 44.7 Å². The molecule has 27 heavy (non-hydrogen) atoms. The summed E-state index contributed by atoms with van der Waals surface area (Å²) < 4.78 is 22.6. The SMILES string of the molecule is CN=C(NCc1ccc(N2CCC(C)CC2)cc1)NC(C)CCS(C)(=O)=O. The number of hydrogen-bond acceptors (Lipinski definition) is 4.